The number of halogens is 5. The average Bonchev–Trinajstić information content (AvgIpc) is 2.90. The maximum absolute atomic E-state index is 15.8. The van der Waals surface area contributed by atoms with Crippen LogP contribution in [0.25, 0.3) is 11.1 Å². The summed E-state index contributed by atoms with van der Waals surface area (Å²) in [4.78, 5) is 0. The Hall–Kier alpha value is -2.89. The minimum Gasteiger partial charge on any atom is -0.453 e. The fourth-order valence-electron chi connectivity index (χ4n) is 5.35. The van der Waals surface area contributed by atoms with E-state index in [1.165, 1.54) is 31.7 Å². The van der Waals surface area contributed by atoms with Gasteiger partial charge in [0.25, 0.3) is 0 Å². The summed E-state index contributed by atoms with van der Waals surface area (Å²) in [5.41, 5.74) is 0.478. The van der Waals surface area contributed by atoms with Crippen molar-refractivity contribution in [1.29, 1.82) is 0 Å². The monoisotopic (exact) mass is 516 g/mol. The summed E-state index contributed by atoms with van der Waals surface area (Å²) in [5.74, 6) is -5.74. The molecule has 0 N–H and O–H groups in total. The van der Waals surface area contributed by atoms with Crippen LogP contribution in [0.15, 0.2) is 48.5 Å². The van der Waals surface area contributed by atoms with Gasteiger partial charge in [-0.05, 0) is 36.3 Å². The number of benzene rings is 3. The summed E-state index contributed by atoms with van der Waals surface area (Å²) in [5, 5.41) is 0. The van der Waals surface area contributed by atoms with Crippen LogP contribution in [0.5, 0.6) is 11.5 Å². The standard InChI is InChI=1S/C31H33F5O/c1-2-3-5-8-20-11-13-21(14-12-20)15-16-24-26(32)19-25(22-9-6-4-7-10-22)31(29(24)35)37-23-17-27(33)30(36)28(34)18-23/h4,6-7,9-10,17-21H,2-3,5,8,11-16H2,1H3/t20-,21-. The molecule has 0 saturated heterocycles. The second kappa shape index (κ2) is 12.6. The molecule has 1 fully saturated rings. The highest BCUT2D eigenvalue weighted by Gasteiger charge is 2.25. The number of unbranched alkanes of at least 4 members (excludes halogenated alkanes) is 2. The molecule has 6 heteroatoms. The smallest absolute Gasteiger partial charge is 0.194 e. The van der Waals surface area contributed by atoms with Crippen LogP contribution in [-0.4, -0.2) is 0 Å². The molecule has 1 nitrogen and oxygen atoms in total. The lowest BCUT2D eigenvalue weighted by Crippen LogP contribution is -2.15. The Kier molecular flexibility index (Phi) is 9.23. The van der Waals surface area contributed by atoms with Gasteiger partial charge in [-0.15, -0.1) is 0 Å². The van der Waals surface area contributed by atoms with Crippen LogP contribution in [0.1, 0.15) is 70.3 Å². The zero-order chi connectivity index (χ0) is 26.4. The van der Waals surface area contributed by atoms with E-state index in [4.69, 9.17) is 4.74 Å². The largest absolute Gasteiger partial charge is 0.453 e. The molecule has 198 valence electrons. The molecule has 0 unspecified atom stereocenters. The van der Waals surface area contributed by atoms with Crippen LogP contribution in [0.4, 0.5) is 22.0 Å². The van der Waals surface area contributed by atoms with Crippen molar-refractivity contribution in [1.82, 2.24) is 0 Å². The number of hydrogen-bond donors (Lipinski definition) is 0. The molecule has 1 aliphatic carbocycles. The SMILES string of the molecule is CCCCC[C@H]1CC[C@H](CCc2c(F)cc(-c3ccccc3)c(Oc3cc(F)c(F)c(F)c3)c2F)CC1. The van der Waals surface area contributed by atoms with Crippen LogP contribution in [0.2, 0.25) is 0 Å². The third-order valence-electron chi connectivity index (χ3n) is 7.52. The third-order valence-corrected chi connectivity index (χ3v) is 7.52. The van der Waals surface area contributed by atoms with Gasteiger partial charge in [-0.3, -0.25) is 0 Å². The van der Waals surface area contributed by atoms with E-state index in [1.807, 2.05) is 0 Å². The van der Waals surface area contributed by atoms with Crippen molar-refractivity contribution >= 4 is 0 Å². The first-order chi connectivity index (χ1) is 17.9. The van der Waals surface area contributed by atoms with Crippen LogP contribution >= 0.6 is 0 Å². The fraction of sp³-hybridized carbons (Fsp3) is 0.419. The quantitative estimate of drug-likeness (QED) is 0.148. The Bertz CT molecular complexity index is 1160. The van der Waals surface area contributed by atoms with Gasteiger partial charge in [0.2, 0.25) is 0 Å². The lowest BCUT2D eigenvalue weighted by molar-refractivity contribution is 0.248. The Morgan fingerprint density at radius 2 is 1.35 bits per heavy atom. The Morgan fingerprint density at radius 1 is 0.730 bits per heavy atom. The summed E-state index contributed by atoms with van der Waals surface area (Å²) < 4.78 is 77.6. The number of rotatable bonds is 10. The van der Waals surface area contributed by atoms with Gasteiger partial charge in [0, 0.05) is 23.3 Å². The van der Waals surface area contributed by atoms with Gasteiger partial charge in [-0.25, -0.2) is 22.0 Å². The van der Waals surface area contributed by atoms with E-state index in [1.54, 1.807) is 30.3 Å². The minimum atomic E-state index is -1.64. The maximum Gasteiger partial charge on any atom is 0.194 e. The molecule has 3 aromatic carbocycles. The van der Waals surface area contributed by atoms with Crippen molar-refractivity contribution in [3.63, 3.8) is 0 Å². The van der Waals surface area contributed by atoms with E-state index in [0.717, 1.165) is 31.6 Å². The molecule has 1 aliphatic rings. The van der Waals surface area contributed by atoms with Crippen LogP contribution < -0.4 is 4.74 Å². The first kappa shape index (κ1) is 27.2. The highest BCUT2D eigenvalue weighted by atomic mass is 19.2. The van der Waals surface area contributed by atoms with E-state index in [9.17, 15) is 13.2 Å². The summed E-state index contributed by atoms with van der Waals surface area (Å²) >= 11 is 0. The van der Waals surface area contributed by atoms with Crippen molar-refractivity contribution < 1.29 is 26.7 Å². The van der Waals surface area contributed by atoms with Gasteiger partial charge in [0.15, 0.2) is 29.0 Å². The van der Waals surface area contributed by atoms with E-state index in [2.05, 4.69) is 6.92 Å². The van der Waals surface area contributed by atoms with Crippen LogP contribution in [0, 0.1) is 40.9 Å². The van der Waals surface area contributed by atoms with E-state index < -0.39 is 34.8 Å². The van der Waals surface area contributed by atoms with Crippen molar-refractivity contribution in [2.24, 2.45) is 11.8 Å². The van der Waals surface area contributed by atoms with E-state index in [-0.39, 0.29) is 23.3 Å². The topological polar surface area (TPSA) is 9.23 Å². The fourth-order valence-corrected chi connectivity index (χ4v) is 5.35. The second-order valence-corrected chi connectivity index (χ2v) is 10.1. The Morgan fingerprint density at radius 3 is 1.97 bits per heavy atom. The highest BCUT2D eigenvalue weighted by Crippen LogP contribution is 2.41. The van der Waals surface area contributed by atoms with Gasteiger partial charge in [0.05, 0.1) is 0 Å². The zero-order valence-electron chi connectivity index (χ0n) is 21.1. The van der Waals surface area contributed by atoms with Crippen molar-refractivity contribution in [2.45, 2.75) is 71.1 Å². The van der Waals surface area contributed by atoms with Gasteiger partial charge < -0.3 is 4.74 Å². The van der Waals surface area contributed by atoms with Crippen molar-refractivity contribution in [3.05, 3.63) is 83.2 Å². The maximum atomic E-state index is 15.8. The van der Waals surface area contributed by atoms with Gasteiger partial charge in [-0.1, -0.05) is 88.6 Å². The van der Waals surface area contributed by atoms with Gasteiger partial charge in [-0.2, -0.15) is 0 Å². The molecule has 0 bridgehead atoms. The Balaban J connectivity index is 1.56. The molecule has 1 saturated carbocycles. The van der Waals surface area contributed by atoms with E-state index >= 15 is 8.78 Å². The molecule has 0 atom stereocenters. The summed E-state index contributed by atoms with van der Waals surface area (Å²) in [7, 11) is 0. The second-order valence-electron chi connectivity index (χ2n) is 10.1. The summed E-state index contributed by atoms with van der Waals surface area (Å²) in [6.07, 6.45) is 10.3. The van der Waals surface area contributed by atoms with Crippen molar-refractivity contribution in [3.8, 4) is 22.6 Å². The molecule has 0 radical (unpaired) electrons. The summed E-state index contributed by atoms with van der Waals surface area (Å²) in [6, 6.07) is 11.0. The lowest BCUT2D eigenvalue weighted by Gasteiger charge is -2.28. The molecule has 0 amide bonds. The first-order valence-electron chi connectivity index (χ1n) is 13.3. The first-order valence-corrected chi connectivity index (χ1v) is 13.3. The number of hydrogen-bond acceptors (Lipinski definition) is 1. The predicted octanol–water partition coefficient (Wildman–Crippen LogP) is 10.2. The predicted molar refractivity (Wildman–Crippen MR) is 136 cm³/mol. The van der Waals surface area contributed by atoms with Gasteiger partial charge >= 0.3 is 0 Å². The van der Waals surface area contributed by atoms with E-state index in [0.29, 0.717) is 30.0 Å². The van der Waals surface area contributed by atoms with Gasteiger partial charge in [0.1, 0.15) is 11.6 Å². The van der Waals surface area contributed by atoms with Crippen molar-refractivity contribution in [2.75, 3.05) is 0 Å². The molecule has 0 aliphatic heterocycles. The molecule has 0 spiro atoms. The molecule has 3 aromatic rings. The van der Waals surface area contributed by atoms with Crippen LogP contribution in [0.3, 0.4) is 0 Å². The molecule has 0 aromatic heterocycles. The van der Waals surface area contributed by atoms with Crippen LogP contribution in [-0.2, 0) is 6.42 Å². The molecule has 37 heavy (non-hydrogen) atoms. The average molecular weight is 517 g/mol. The Labute approximate surface area is 215 Å². The molecule has 0 heterocycles. The zero-order valence-corrected chi connectivity index (χ0v) is 21.1. The normalized spacial score (nSPS) is 17.7. The minimum absolute atomic E-state index is 0.108. The molecular formula is C31H33F5O. The highest BCUT2D eigenvalue weighted by molar-refractivity contribution is 5.72. The lowest BCUT2D eigenvalue weighted by atomic mass is 9.77. The number of ether oxygens (including phenoxy) is 1. The summed E-state index contributed by atoms with van der Waals surface area (Å²) in [6.45, 7) is 2.20. The third kappa shape index (κ3) is 6.71. The molecule has 4 rings (SSSR count). The molecular weight excluding hydrogens is 483 g/mol.